The van der Waals surface area contributed by atoms with Gasteiger partial charge >= 0.3 is 0 Å². The highest BCUT2D eigenvalue weighted by Crippen LogP contribution is 2.36. The number of aryl methyl sites for hydroxylation is 1. The second-order valence-corrected chi connectivity index (χ2v) is 7.97. The number of hydrogen-bond donors (Lipinski definition) is 0. The summed E-state index contributed by atoms with van der Waals surface area (Å²) >= 11 is 4.51. The van der Waals surface area contributed by atoms with E-state index in [2.05, 4.69) is 11.1 Å². The third kappa shape index (κ3) is 3.58. The lowest BCUT2D eigenvalue weighted by atomic mass is 10.3. The number of rotatable bonds is 5. The van der Waals surface area contributed by atoms with Gasteiger partial charge in [-0.15, -0.1) is 34.4 Å². The van der Waals surface area contributed by atoms with Crippen LogP contribution in [-0.4, -0.2) is 16.7 Å². The first-order valence-electron chi connectivity index (χ1n) is 6.58. The van der Waals surface area contributed by atoms with Crippen molar-refractivity contribution in [3.63, 3.8) is 0 Å². The fourth-order valence-electron chi connectivity index (χ4n) is 1.94. The Balaban J connectivity index is 1.99. The monoisotopic (exact) mass is 346 g/mol. The molecule has 0 aliphatic rings. The number of nitrogens with zero attached hydrogens (tertiary/aromatic N) is 1. The van der Waals surface area contributed by atoms with E-state index in [1.165, 1.54) is 16.6 Å². The van der Waals surface area contributed by atoms with E-state index in [1.807, 2.05) is 43.3 Å². The number of carboxylic acid groups (broad SMARTS) is 1. The van der Waals surface area contributed by atoms with Gasteiger partial charge < -0.3 is 9.90 Å². The molecule has 6 heteroatoms. The Hall–Kier alpha value is -1.63. The summed E-state index contributed by atoms with van der Waals surface area (Å²) in [6.45, 7) is 2.05. The number of carboxylic acids is 1. The molecule has 0 aliphatic carbocycles. The maximum absolute atomic E-state index is 10.8. The molecule has 0 unspecified atom stereocenters. The average Bonchev–Trinajstić information content (AvgIpc) is 3.09. The van der Waals surface area contributed by atoms with Gasteiger partial charge in [-0.3, -0.25) is 0 Å². The van der Waals surface area contributed by atoms with E-state index >= 15 is 0 Å². The molecule has 0 saturated carbocycles. The van der Waals surface area contributed by atoms with Crippen molar-refractivity contribution in [1.82, 2.24) is 4.98 Å². The van der Waals surface area contributed by atoms with Gasteiger partial charge in [0, 0.05) is 20.4 Å². The molecule has 1 aromatic carbocycles. The number of carbonyl (C=O) groups excluding carboxylic acids is 1. The third-order valence-electron chi connectivity index (χ3n) is 2.88. The number of fused-ring (bicyclic) bond motifs is 1. The molecule has 0 amide bonds. The molecule has 22 heavy (non-hydrogen) atoms. The Labute approximate surface area is 140 Å². The lowest BCUT2D eigenvalue weighted by Crippen LogP contribution is -2.24. The van der Waals surface area contributed by atoms with Crippen LogP contribution in [0.4, 0.5) is 0 Å². The smallest absolute Gasteiger partial charge is 0.131 e. The van der Waals surface area contributed by atoms with Crippen LogP contribution >= 0.6 is 34.4 Å². The molecule has 112 valence electrons. The van der Waals surface area contributed by atoms with E-state index in [4.69, 9.17) is 0 Å². The van der Waals surface area contributed by atoms with Crippen molar-refractivity contribution >= 4 is 61.6 Å². The first-order chi connectivity index (χ1) is 10.6. The van der Waals surface area contributed by atoms with E-state index in [1.54, 1.807) is 22.7 Å². The van der Waals surface area contributed by atoms with Gasteiger partial charge in [0.25, 0.3) is 0 Å². The number of carbonyl (C=O) groups is 1. The maximum Gasteiger partial charge on any atom is 0.131 e. The molecule has 2 aromatic heterocycles. The highest BCUT2D eigenvalue weighted by molar-refractivity contribution is 8.09. The van der Waals surface area contributed by atoms with E-state index in [-0.39, 0.29) is 5.75 Å². The predicted octanol–water partition coefficient (Wildman–Crippen LogP) is 3.65. The number of thiazole rings is 1. The van der Waals surface area contributed by atoms with Crippen LogP contribution in [0.5, 0.6) is 0 Å². The van der Waals surface area contributed by atoms with Gasteiger partial charge in [-0.05, 0) is 37.3 Å². The highest BCUT2D eigenvalue weighted by Gasteiger charge is 2.10. The Morgan fingerprint density at radius 3 is 2.77 bits per heavy atom. The van der Waals surface area contributed by atoms with Crippen molar-refractivity contribution < 1.29 is 9.90 Å². The lowest BCUT2D eigenvalue weighted by Gasteiger charge is -2.04. The standard InChI is InChI=1S/C16H13NO2S3/c1-10-6-7-11(21-10)8-14(20-9-15(18)19)16-17-12-4-2-3-5-13(12)22-16/h2-8H,9H2,1H3,(H,18,19)/p-1/b14-8-. The Bertz CT molecular complexity index is 815. The minimum atomic E-state index is -1.07. The largest absolute Gasteiger partial charge is 0.549 e. The second-order valence-electron chi connectivity index (χ2n) is 4.60. The van der Waals surface area contributed by atoms with Gasteiger partial charge in [0.05, 0.1) is 16.2 Å². The Morgan fingerprint density at radius 1 is 1.27 bits per heavy atom. The summed E-state index contributed by atoms with van der Waals surface area (Å²) in [5.74, 6) is -1.15. The quantitative estimate of drug-likeness (QED) is 0.708. The van der Waals surface area contributed by atoms with Crippen molar-refractivity contribution in [1.29, 1.82) is 0 Å². The molecule has 0 N–H and O–H groups in total. The minimum absolute atomic E-state index is 0.0773. The summed E-state index contributed by atoms with van der Waals surface area (Å²) in [5, 5.41) is 11.6. The van der Waals surface area contributed by atoms with Crippen molar-refractivity contribution in [2.24, 2.45) is 0 Å². The molecule has 3 aromatic rings. The number of hydrogen-bond acceptors (Lipinski definition) is 6. The molecule has 0 radical (unpaired) electrons. The fourth-order valence-corrected chi connectivity index (χ4v) is 4.67. The molecule has 0 bridgehead atoms. The Morgan fingerprint density at radius 2 is 2.09 bits per heavy atom. The van der Waals surface area contributed by atoms with Gasteiger partial charge in [0.1, 0.15) is 5.01 Å². The number of para-hydroxylation sites is 1. The van der Waals surface area contributed by atoms with Gasteiger partial charge in [0.15, 0.2) is 0 Å². The van der Waals surface area contributed by atoms with Crippen LogP contribution in [-0.2, 0) is 4.79 Å². The molecular weight excluding hydrogens is 334 g/mol. The van der Waals surface area contributed by atoms with E-state index in [0.29, 0.717) is 0 Å². The van der Waals surface area contributed by atoms with Crippen LogP contribution in [0.15, 0.2) is 36.4 Å². The van der Waals surface area contributed by atoms with Crippen molar-refractivity contribution in [3.05, 3.63) is 51.2 Å². The van der Waals surface area contributed by atoms with Crippen molar-refractivity contribution in [2.75, 3.05) is 5.75 Å². The van der Waals surface area contributed by atoms with Crippen LogP contribution < -0.4 is 5.11 Å². The zero-order valence-corrected chi connectivity index (χ0v) is 14.2. The molecule has 0 atom stereocenters. The average molecular weight is 346 g/mol. The number of benzene rings is 1. The molecule has 0 saturated heterocycles. The molecule has 0 fully saturated rings. The van der Waals surface area contributed by atoms with E-state index in [9.17, 15) is 9.90 Å². The summed E-state index contributed by atoms with van der Waals surface area (Å²) in [6.07, 6.45) is 2.00. The lowest BCUT2D eigenvalue weighted by molar-refractivity contribution is -0.301. The molecule has 2 heterocycles. The van der Waals surface area contributed by atoms with Crippen molar-refractivity contribution in [2.45, 2.75) is 6.92 Å². The zero-order chi connectivity index (χ0) is 15.5. The first-order valence-corrected chi connectivity index (χ1v) is 9.20. The third-order valence-corrected chi connectivity index (χ3v) is 6.03. The van der Waals surface area contributed by atoms with Crippen LogP contribution in [0, 0.1) is 6.92 Å². The second kappa shape index (κ2) is 6.64. The summed E-state index contributed by atoms with van der Waals surface area (Å²) in [4.78, 5) is 18.6. The molecular formula is C16H12NO2S3-. The highest BCUT2D eigenvalue weighted by atomic mass is 32.2. The van der Waals surface area contributed by atoms with Crippen molar-refractivity contribution in [3.8, 4) is 0 Å². The molecule has 0 spiro atoms. The summed E-state index contributed by atoms with van der Waals surface area (Å²) in [6, 6.07) is 12.0. The van der Waals surface area contributed by atoms with Crippen LogP contribution in [0.25, 0.3) is 21.2 Å². The molecule has 3 nitrogen and oxygen atoms in total. The molecule has 0 aliphatic heterocycles. The maximum atomic E-state index is 10.8. The number of thioether (sulfide) groups is 1. The zero-order valence-electron chi connectivity index (χ0n) is 11.7. The van der Waals surface area contributed by atoms with Gasteiger partial charge in [0.2, 0.25) is 0 Å². The summed E-state index contributed by atoms with van der Waals surface area (Å²) in [5.41, 5.74) is 0.935. The Kier molecular flexibility index (Phi) is 4.61. The fraction of sp³-hybridized carbons (Fsp3) is 0.125. The first kappa shape index (κ1) is 15.3. The van der Waals surface area contributed by atoms with Crippen LogP contribution in [0.3, 0.4) is 0 Å². The number of aliphatic carboxylic acids is 1. The summed E-state index contributed by atoms with van der Waals surface area (Å²) < 4.78 is 1.10. The van der Waals surface area contributed by atoms with Gasteiger partial charge in [-0.25, -0.2) is 4.98 Å². The topological polar surface area (TPSA) is 53.0 Å². The van der Waals surface area contributed by atoms with E-state index < -0.39 is 5.97 Å². The van der Waals surface area contributed by atoms with Gasteiger partial charge in [-0.1, -0.05) is 12.1 Å². The minimum Gasteiger partial charge on any atom is -0.549 e. The number of aromatic nitrogens is 1. The molecule has 3 rings (SSSR count). The predicted molar refractivity (Wildman–Crippen MR) is 94.0 cm³/mol. The normalized spacial score (nSPS) is 12.0. The van der Waals surface area contributed by atoms with Crippen LogP contribution in [0.1, 0.15) is 14.8 Å². The van der Waals surface area contributed by atoms with Crippen LogP contribution in [0.2, 0.25) is 0 Å². The summed E-state index contributed by atoms with van der Waals surface area (Å²) in [7, 11) is 0. The van der Waals surface area contributed by atoms with E-state index in [0.717, 1.165) is 25.0 Å². The number of thiophene rings is 1. The SMILES string of the molecule is Cc1ccc(/C=C(\SCC(=O)[O-])c2nc3ccccc3s2)s1. The van der Waals surface area contributed by atoms with Gasteiger partial charge in [-0.2, -0.15) is 0 Å².